The number of nitrogens with zero attached hydrogens (tertiary/aromatic N) is 6. The molecule has 0 bridgehead atoms. The number of halogens is 1. The summed E-state index contributed by atoms with van der Waals surface area (Å²) in [6, 6.07) is 7.37. The largest absolute Gasteiger partial charge is 0.304 e. The highest BCUT2D eigenvalue weighted by molar-refractivity contribution is 7.88. The molecule has 4 aromatic rings. The maximum atomic E-state index is 13.8. The zero-order valence-corrected chi connectivity index (χ0v) is 20.2. The van der Waals surface area contributed by atoms with Crippen LogP contribution in [-0.4, -0.2) is 57.9 Å². The molecule has 1 spiro atoms. The summed E-state index contributed by atoms with van der Waals surface area (Å²) < 4.78 is 25.4. The summed E-state index contributed by atoms with van der Waals surface area (Å²) >= 11 is 6.21. The van der Waals surface area contributed by atoms with Crippen molar-refractivity contribution in [1.29, 1.82) is 0 Å². The van der Waals surface area contributed by atoms with Crippen LogP contribution >= 0.6 is 11.6 Å². The quantitative estimate of drug-likeness (QED) is 0.418. The smallest absolute Gasteiger partial charge is 0.240 e. The second kappa shape index (κ2) is 7.77. The van der Waals surface area contributed by atoms with Crippen LogP contribution in [-0.2, 0) is 26.8 Å². The summed E-state index contributed by atoms with van der Waals surface area (Å²) in [5.74, 6) is -0.159. The molecule has 176 valence electrons. The maximum absolute atomic E-state index is 13.8. The van der Waals surface area contributed by atoms with Crippen molar-refractivity contribution in [2.24, 2.45) is 0 Å². The van der Waals surface area contributed by atoms with E-state index in [0.29, 0.717) is 16.4 Å². The molecule has 0 atom stereocenters. The highest BCUT2D eigenvalue weighted by Crippen LogP contribution is 2.48. The molecule has 2 aliphatic heterocycles. The van der Waals surface area contributed by atoms with Crippen molar-refractivity contribution in [2.75, 3.05) is 24.2 Å². The fourth-order valence-corrected chi connectivity index (χ4v) is 6.09. The van der Waals surface area contributed by atoms with Gasteiger partial charge in [-0.15, -0.1) is 0 Å². The monoisotopic (exact) mass is 506 g/mol. The van der Waals surface area contributed by atoms with Gasteiger partial charge in [-0.2, -0.15) is 4.31 Å². The first-order valence-corrected chi connectivity index (χ1v) is 13.0. The molecule has 0 radical (unpaired) electrons. The molecule has 1 fully saturated rings. The highest BCUT2D eigenvalue weighted by Gasteiger charge is 2.60. The van der Waals surface area contributed by atoms with E-state index in [4.69, 9.17) is 16.6 Å². The molecule has 1 amide bonds. The Morgan fingerprint density at radius 3 is 2.57 bits per heavy atom. The number of fused-ring (bicyclic) bond motifs is 3. The third kappa shape index (κ3) is 3.40. The third-order valence-electron chi connectivity index (χ3n) is 6.71. The molecule has 1 saturated heterocycles. The number of hydrogen-bond donors (Lipinski definition) is 0. The first-order valence-electron chi connectivity index (χ1n) is 10.8. The van der Waals surface area contributed by atoms with Gasteiger partial charge in [0.15, 0.2) is 0 Å². The molecular formula is C24H19ClN6O3S. The summed E-state index contributed by atoms with van der Waals surface area (Å²) in [5, 5.41) is 2.36. The number of carbonyl (C=O) groups excluding carboxylic acids is 1. The second-order valence-corrected chi connectivity index (χ2v) is 11.3. The molecule has 0 saturated carbocycles. The molecule has 35 heavy (non-hydrogen) atoms. The zero-order chi connectivity index (χ0) is 24.4. The number of aromatic nitrogens is 4. The Kier molecular flexibility index (Phi) is 4.89. The lowest BCUT2D eigenvalue weighted by Gasteiger charge is -2.45. The minimum Gasteiger partial charge on any atom is -0.304 e. The van der Waals surface area contributed by atoms with Crippen LogP contribution in [0.1, 0.15) is 11.3 Å². The Morgan fingerprint density at radius 1 is 1.06 bits per heavy atom. The van der Waals surface area contributed by atoms with Gasteiger partial charge in [-0.25, -0.2) is 18.4 Å². The lowest BCUT2D eigenvalue weighted by atomic mass is 9.76. The molecule has 3 aromatic heterocycles. The first kappa shape index (κ1) is 22.0. The van der Waals surface area contributed by atoms with Crippen molar-refractivity contribution < 1.29 is 13.2 Å². The summed E-state index contributed by atoms with van der Waals surface area (Å²) in [4.78, 5) is 32.7. The van der Waals surface area contributed by atoms with Gasteiger partial charge in [0.25, 0.3) is 0 Å². The van der Waals surface area contributed by atoms with Gasteiger partial charge in [0.2, 0.25) is 15.9 Å². The van der Waals surface area contributed by atoms with Crippen molar-refractivity contribution in [3.05, 3.63) is 77.9 Å². The Bertz CT molecular complexity index is 1610. The van der Waals surface area contributed by atoms with Crippen molar-refractivity contribution >= 4 is 44.0 Å². The van der Waals surface area contributed by atoms with Crippen molar-refractivity contribution in [2.45, 2.75) is 12.0 Å². The average molecular weight is 507 g/mol. The summed E-state index contributed by atoms with van der Waals surface area (Å²) in [7, 11) is -3.39. The molecule has 1 aromatic carbocycles. The van der Waals surface area contributed by atoms with Gasteiger partial charge in [0.05, 0.1) is 30.4 Å². The Balaban J connectivity index is 1.46. The van der Waals surface area contributed by atoms with Gasteiger partial charge in [-0.1, -0.05) is 17.7 Å². The van der Waals surface area contributed by atoms with Crippen LogP contribution < -0.4 is 4.90 Å². The number of hydrogen-bond acceptors (Lipinski definition) is 7. The van der Waals surface area contributed by atoms with Crippen LogP contribution in [0.3, 0.4) is 0 Å². The molecule has 0 unspecified atom stereocenters. The zero-order valence-electron chi connectivity index (χ0n) is 18.6. The number of benzene rings is 1. The second-order valence-electron chi connectivity index (χ2n) is 8.84. The minimum absolute atomic E-state index is 0.112. The molecule has 6 rings (SSSR count). The van der Waals surface area contributed by atoms with Gasteiger partial charge in [0, 0.05) is 59.4 Å². The van der Waals surface area contributed by atoms with Crippen LogP contribution in [0.5, 0.6) is 0 Å². The standard InChI is InChI=1S/C24H19ClN6O3S/c1-35(33,34)30-12-24(13-30)19-4-5-26-10-21(19)31(23(24)32)11-20-22(16-7-27-14-28-8-16)18-3-2-17(25)6-15(18)9-29-20/h2-10,14H,11-13H2,1H3. The molecule has 5 heterocycles. The number of sulfonamides is 1. The minimum atomic E-state index is -3.39. The number of carbonyl (C=O) groups is 1. The number of pyridine rings is 2. The maximum Gasteiger partial charge on any atom is 0.240 e. The highest BCUT2D eigenvalue weighted by atomic mass is 35.5. The van der Waals surface area contributed by atoms with E-state index < -0.39 is 15.4 Å². The van der Waals surface area contributed by atoms with Crippen LogP contribution in [0.15, 0.2) is 61.6 Å². The van der Waals surface area contributed by atoms with Crippen LogP contribution in [0.4, 0.5) is 5.69 Å². The van der Waals surface area contributed by atoms with Gasteiger partial charge >= 0.3 is 0 Å². The molecular weight excluding hydrogens is 488 g/mol. The Labute approximate surface area is 206 Å². The molecule has 9 nitrogen and oxygen atoms in total. The lowest BCUT2D eigenvalue weighted by Crippen LogP contribution is -2.64. The van der Waals surface area contributed by atoms with Crippen LogP contribution in [0.2, 0.25) is 5.02 Å². The Hall–Kier alpha value is -3.47. The van der Waals surface area contributed by atoms with Crippen LogP contribution in [0.25, 0.3) is 21.9 Å². The van der Waals surface area contributed by atoms with E-state index in [2.05, 4.69) is 15.0 Å². The third-order valence-corrected chi connectivity index (χ3v) is 8.14. The molecule has 0 N–H and O–H groups in total. The van der Waals surface area contributed by atoms with E-state index >= 15 is 0 Å². The van der Waals surface area contributed by atoms with Gasteiger partial charge < -0.3 is 4.90 Å². The fourth-order valence-electron chi connectivity index (χ4n) is 5.00. The topological polar surface area (TPSA) is 109 Å². The van der Waals surface area contributed by atoms with E-state index in [1.54, 1.807) is 42.0 Å². The van der Waals surface area contributed by atoms with Gasteiger partial charge in [0.1, 0.15) is 11.7 Å². The lowest BCUT2D eigenvalue weighted by molar-refractivity contribution is -0.127. The molecule has 2 aliphatic rings. The summed E-state index contributed by atoms with van der Waals surface area (Å²) in [5.41, 5.74) is 2.78. The Morgan fingerprint density at radius 2 is 1.83 bits per heavy atom. The van der Waals surface area contributed by atoms with Crippen molar-refractivity contribution in [3.63, 3.8) is 0 Å². The number of anilines is 1. The predicted octanol–water partition coefficient (Wildman–Crippen LogP) is 2.80. The van der Waals surface area contributed by atoms with E-state index in [0.717, 1.165) is 33.7 Å². The van der Waals surface area contributed by atoms with Crippen LogP contribution in [0, 0.1) is 0 Å². The summed E-state index contributed by atoms with van der Waals surface area (Å²) in [6.07, 6.45) is 11.0. The van der Waals surface area contributed by atoms with E-state index in [1.165, 1.54) is 10.6 Å². The number of amides is 1. The first-order chi connectivity index (χ1) is 16.8. The average Bonchev–Trinajstić information content (AvgIpc) is 3.06. The predicted molar refractivity (Wildman–Crippen MR) is 131 cm³/mol. The van der Waals surface area contributed by atoms with E-state index in [-0.39, 0.29) is 25.5 Å². The van der Waals surface area contributed by atoms with E-state index in [1.807, 2.05) is 18.2 Å². The van der Waals surface area contributed by atoms with Crippen molar-refractivity contribution in [1.82, 2.24) is 24.2 Å². The normalized spacial score (nSPS) is 17.1. The van der Waals surface area contributed by atoms with Crippen molar-refractivity contribution in [3.8, 4) is 11.1 Å². The van der Waals surface area contributed by atoms with Gasteiger partial charge in [-0.05, 0) is 29.1 Å². The SMILES string of the molecule is CS(=O)(=O)N1CC2(C1)C(=O)N(Cc1ncc3cc(Cl)ccc3c1-c1cncnc1)c1cnccc12. The fraction of sp³-hybridized carbons (Fsp3) is 0.208. The van der Waals surface area contributed by atoms with E-state index in [9.17, 15) is 13.2 Å². The number of rotatable bonds is 4. The van der Waals surface area contributed by atoms with Gasteiger partial charge in [-0.3, -0.25) is 14.8 Å². The molecule has 11 heteroatoms. The summed E-state index contributed by atoms with van der Waals surface area (Å²) in [6.45, 7) is 0.406. The molecule has 0 aliphatic carbocycles.